The number of piperazine rings is 1. The largest absolute Gasteiger partial charge is 0.368 e. The molecular formula is C22H25N3O3S. The molecule has 2 saturated heterocycles. The van der Waals surface area contributed by atoms with Crippen LogP contribution in [0.4, 0.5) is 10.5 Å². The molecule has 0 saturated carbocycles. The van der Waals surface area contributed by atoms with Crippen LogP contribution in [0.3, 0.4) is 0 Å². The van der Waals surface area contributed by atoms with Gasteiger partial charge in [-0.3, -0.25) is 4.79 Å². The van der Waals surface area contributed by atoms with Crippen molar-refractivity contribution in [1.29, 1.82) is 0 Å². The molecule has 6 nitrogen and oxygen atoms in total. The van der Waals surface area contributed by atoms with Gasteiger partial charge in [-0.25, -0.2) is 4.79 Å². The van der Waals surface area contributed by atoms with E-state index in [1.54, 1.807) is 16.7 Å². The highest BCUT2D eigenvalue weighted by Crippen LogP contribution is 2.33. The third-order valence-corrected chi connectivity index (χ3v) is 6.27. The number of hydrogen-bond donors (Lipinski definition) is 1. The first-order valence-corrected chi connectivity index (χ1v) is 10.8. The van der Waals surface area contributed by atoms with Crippen LogP contribution in [0.15, 0.2) is 64.4 Å². The lowest BCUT2D eigenvalue weighted by atomic mass is 10.2. The lowest BCUT2D eigenvalue weighted by Gasteiger charge is -2.35. The Bertz CT molecular complexity index is 847. The Labute approximate surface area is 175 Å². The number of carbonyl (C=O) groups is 2. The van der Waals surface area contributed by atoms with Gasteiger partial charge in [0.05, 0.1) is 5.69 Å². The predicted octanol–water partition coefficient (Wildman–Crippen LogP) is 3.69. The maximum Gasteiger partial charge on any atom is 0.321 e. The van der Waals surface area contributed by atoms with Crippen molar-refractivity contribution < 1.29 is 14.3 Å². The van der Waals surface area contributed by atoms with Gasteiger partial charge in [0.25, 0.3) is 5.91 Å². The van der Waals surface area contributed by atoms with Crippen molar-refractivity contribution >= 4 is 29.4 Å². The summed E-state index contributed by atoms with van der Waals surface area (Å²) in [6.45, 7) is 2.81. The van der Waals surface area contributed by atoms with Gasteiger partial charge in [0, 0.05) is 42.6 Å². The number of benzene rings is 2. The number of urea groups is 1. The van der Waals surface area contributed by atoms with Crippen LogP contribution in [0.2, 0.25) is 0 Å². The molecule has 3 amide bonds. The summed E-state index contributed by atoms with van der Waals surface area (Å²) in [6.07, 6.45) is 1.45. The average Bonchev–Trinajstić information content (AvgIpc) is 3.30. The van der Waals surface area contributed by atoms with E-state index in [-0.39, 0.29) is 18.0 Å². The van der Waals surface area contributed by atoms with Gasteiger partial charge < -0.3 is 19.9 Å². The monoisotopic (exact) mass is 411 g/mol. The van der Waals surface area contributed by atoms with Crippen LogP contribution in [0.1, 0.15) is 12.8 Å². The fraction of sp³-hybridized carbons (Fsp3) is 0.364. The second kappa shape index (κ2) is 9.33. The Morgan fingerprint density at radius 1 is 0.931 bits per heavy atom. The summed E-state index contributed by atoms with van der Waals surface area (Å²) in [5.41, 5.74) is 0.796. The molecule has 7 heteroatoms. The molecule has 1 atom stereocenters. The SMILES string of the molecule is O=C(Nc1ccccc1Sc1ccccc1)N1CCN(C(=O)[C@H]2CCCO2)CC1. The smallest absolute Gasteiger partial charge is 0.321 e. The maximum atomic E-state index is 12.8. The first-order valence-electron chi connectivity index (χ1n) is 9.99. The number of rotatable bonds is 4. The van der Waals surface area contributed by atoms with Crippen LogP contribution in [0.5, 0.6) is 0 Å². The molecule has 4 rings (SSSR count). The van der Waals surface area contributed by atoms with Crippen molar-refractivity contribution in [2.75, 3.05) is 38.1 Å². The van der Waals surface area contributed by atoms with Crippen molar-refractivity contribution in [2.24, 2.45) is 0 Å². The molecule has 1 N–H and O–H groups in total. The maximum absolute atomic E-state index is 12.8. The molecule has 2 aromatic rings. The molecule has 29 heavy (non-hydrogen) atoms. The molecule has 152 valence electrons. The fourth-order valence-electron chi connectivity index (χ4n) is 3.57. The molecule has 2 aromatic carbocycles. The van der Waals surface area contributed by atoms with Crippen molar-refractivity contribution in [3.8, 4) is 0 Å². The van der Waals surface area contributed by atoms with Gasteiger partial charge in [0.2, 0.25) is 0 Å². The standard InChI is InChI=1S/C22H25N3O3S/c26-21(19-10-6-16-28-19)24-12-14-25(15-13-24)22(27)23-18-9-4-5-11-20(18)29-17-7-2-1-3-8-17/h1-5,7-9,11,19H,6,10,12-16H2,(H,23,27)/t19-/m1/s1. The van der Waals surface area contributed by atoms with Gasteiger partial charge in [-0.1, -0.05) is 42.1 Å². The molecule has 0 unspecified atom stereocenters. The third-order valence-electron chi connectivity index (χ3n) is 5.18. The zero-order chi connectivity index (χ0) is 20.1. The normalized spacial score (nSPS) is 19.2. The number of amides is 3. The minimum atomic E-state index is -0.294. The summed E-state index contributed by atoms with van der Waals surface area (Å²) >= 11 is 1.62. The van der Waals surface area contributed by atoms with E-state index < -0.39 is 0 Å². The van der Waals surface area contributed by atoms with E-state index in [9.17, 15) is 9.59 Å². The Kier molecular flexibility index (Phi) is 6.36. The first-order chi connectivity index (χ1) is 14.2. The van der Waals surface area contributed by atoms with E-state index in [4.69, 9.17) is 4.74 Å². The number of nitrogens with one attached hydrogen (secondary N) is 1. The zero-order valence-electron chi connectivity index (χ0n) is 16.3. The predicted molar refractivity (Wildman–Crippen MR) is 113 cm³/mol. The molecule has 0 radical (unpaired) electrons. The van der Waals surface area contributed by atoms with E-state index >= 15 is 0 Å². The van der Waals surface area contributed by atoms with Crippen LogP contribution in [-0.2, 0) is 9.53 Å². The third kappa shape index (κ3) is 4.92. The molecule has 2 fully saturated rings. The highest BCUT2D eigenvalue weighted by Gasteiger charge is 2.31. The highest BCUT2D eigenvalue weighted by molar-refractivity contribution is 7.99. The van der Waals surface area contributed by atoms with Crippen LogP contribution in [0.25, 0.3) is 0 Å². The molecule has 0 aliphatic carbocycles. The number of anilines is 1. The Hall–Kier alpha value is -2.51. The van der Waals surface area contributed by atoms with Crippen LogP contribution < -0.4 is 5.32 Å². The molecule has 2 heterocycles. The van der Waals surface area contributed by atoms with Gasteiger partial charge in [0.15, 0.2) is 0 Å². The summed E-state index contributed by atoms with van der Waals surface area (Å²) in [6, 6.07) is 17.8. The molecule has 2 aliphatic heterocycles. The molecule has 0 aromatic heterocycles. The first kappa shape index (κ1) is 19.8. The Balaban J connectivity index is 1.34. The minimum Gasteiger partial charge on any atom is -0.368 e. The number of carbonyl (C=O) groups excluding carboxylic acids is 2. The van der Waals surface area contributed by atoms with Gasteiger partial charge in [-0.15, -0.1) is 0 Å². The Morgan fingerprint density at radius 3 is 2.34 bits per heavy atom. The summed E-state index contributed by atoms with van der Waals surface area (Å²) in [7, 11) is 0. The molecule has 0 bridgehead atoms. The van der Waals surface area contributed by atoms with E-state index in [0.717, 1.165) is 28.3 Å². The average molecular weight is 412 g/mol. The lowest BCUT2D eigenvalue weighted by molar-refractivity contribution is -0.142. The topological polar surface area (TPSA) is 61.9 Å². The summed E-state index contributed by atoms with van der Waals surface area (Å²) in [4.78, 5) is 31.0. The Morgan fingerprint density at radius 2 is 1.62 bits per heavy atom. The summed E-state index contributed by atoms with van der Waals surface area (Å²) < 4.78 is 5.50. The lowest BCUT2D eigenvalue weighted by Crippen LogP contribution is -2.53. The van der Waals surface area contributed by atoms with Gasteiger partial charge in [-0.2, -0.15) is 0 Å². The fourth-order valence-corrected chi connectivity index (χ4v) is 4.50. The van der Waals surface area contributed by atoms with Crippen molar-refractivity contribution in [3.63, 3.8) is 0 Å². The van der Waals surface area contributed by atoms with Crippen LogP contribution >= 0.6 is 11.8 Å². The molecule has 0 spiro atoms. The second-order valence-electron chi connectivity index (χ2n) is 7.16. The second-order valence-corrected chi connectivity index (χ2v) is 8.27. The zero-order valence-corrected chi connectivity index (χ0v) is 17.1. The summed E-state index contributed by atoms with van der Waals surface area (Å²) in [5.74, 6) is 0.0622. The van der Waals surface area contributed by atoms with Gasteiger partial charge in [0.1, 0.15) is 6.10 Å². The van der Waals surface area contributed by atoms with Crippen LogP contribution in [0, 0.1) is 0 Å². The summed E-state index contributed by atoms with van der Waals surface area (Å²) in [5, 5.41) is 3.04. The van der Waals surface area contributed by atoms with Crippen molar-refractivity contribution in [2.45, 2.75) is 28.7 Å². The number of nitrogens with zero attached hydrogens (tertiary/aromatic N) is 2. The quantitative estimate of drug-likeness (QED) is 0.834. The number of para-hydroxylation sites is 1. The van der Waals surface area contributed by atoms with E-state index in [1.165, 1.54) is 0 Å². The molecular weight excluding hydrogens is 386 g/mol. The number of hydrogen-bond acceptors (Lipinski definition) is 4. The van der Waals surface area contributed by atoms with Crippen molar-refractivity contribution in [3.05, 3.63) is 54.6 Å². The highest BCUT2D eigenvalue weighted by atomic mass is 32.2. The van der Waals surface area contributed by atoms with E-state index in [0.29, 0.717) is 32.8 Å². The number of ether oxygens (including phenoxy) is 1. The molecule has 2 aliphatic rings. The minimum absolute atomic E-state index is 0.0622. The van der Waals surface area contributed by atoms with Crippen LogP contribution in [-0.4, -0.2) is 60.6 Å². The van der Waals surface area contributed by atoms with Gasteiger partial charge in [-0.05, 0) is 37.1 Å². The van der Waals surface area contributed by atoms with E-state index in [2.05, 4.69) is 5.32 Å². The van der Waals surface area contributed by atoms with Gasteiger partial charge >= 0.3 is 6.03 Å². The van der Waals surface area contributed by atoms with E-state index in [1.807, 2.05) is 59.5 Å². The van der Waals surface area contributed by atoms with Crippen molar-refractivity contribution in [1.82, 2.24) is 9.80 Å².